The summed E-state index contributed by atoms with van der Waals surface area (Å²) in [6.07, 6.45) is 13.2. The second-order valence-corrected chi connectivity index (χ2v) is 5.83. The lowest BCUT2D eigenvalue weighted by atomic mass is 10.0. The van der Waals surface area contributed by atoms with Crippen molar-refractivity contribution in [3.8, 4) is 0 Å². The SMILES string of the molecule is C=CC(CCCCCCCCC)[N+](C)(C)C.[Br-]. The lowest BCUT2D eigenvalue weighted by molar-refractivity contribution is -0.889. The third kappa shape index (κ3) is 11.0. The third-order valence-electron chi connectivity index (χ3n) is 3.37. The number of nitrogens with zero attached hydrogens (tertiary/aromatic N) is 1. The predicted octanol–water partition coefficient (Wildman–Crippen LogP) is 1.39. The average molecular weight is 306 g/mol. The Balaban J connectivity index is 0. The van der Waals surface area contributed by atoms with E-state index in [1.54, 1.807) is 0 Å². The highest BCUT2D eigenvalue weighted by molar-refractivity contribution is 4.79. The predicted molar refractivity (Wildman–Crippen MR) is 74.6 cm³/mol. The molecule has 0 N–H and O–H groups in total. The topological polar surface area (TPSA) is 0 Å². The minimum absolute atomic E-state index is 0. The van der Waals surface area contributed by atoms with Crippen LogP contribution in [0.2, 0.25) is 0 Å². The van der Waals surface area contributed by atoms with Gasteiger partial charge in [-0.05, 0) is 12.5 Å². The van der Waals surface area contributed by atoms with Gasteiger partial charge in [0.2, 0.25) is 0 Å². The second kappa shape index (κ2) is 11.3. The first kappa shape index (κ1) is 19.5. The van der Waals surface area contributed by atoms with Gasteiger partial charge in [0.25, 0.3) is 0 Å². The Kier molecular flexibility index (Phi) is 13.0. The van der Waals surface area contributed by atoms with E-state index in [-0.39, 0.29) is 17.0 Å². The highest BCUT2D eigenvalue weighted by Gasteiger charge is 2.18. The van der Waals surface area contributed by atoms with Gasteiger partial charge in [-0.1, -0.05) is 52.0 Å². The van der Waals surface area contributed by atoms with Gasteiger partial charge in [0.05, 0.1) is 21.1 Å². The molecule has 1 nitrogen and oxygen atoms in total. The summed E-state index contributed by atoms with van der Waals surface area (Å²) in [5.41, 5.74) is 0. The molecule has 104 valence electrons. The van der Waals surface area contributed by atoms with Crippen LogP contribution in [0.1, 0.15) is 58.3 Å². The number of halogens is 1. The molecule has 0 amide bonds. The highest BCUT2D eigenvalue weighted by Crippen LogP contribution is 2.15. The first-order chi connectivity index (χ1) is 7.52. The number of likely N-dealkylation sites (N-methyl/N-ethyl adjacent to an activating group) is 1. The van der Waals surface area contributed by atoms with Gasteiger partial charge in [-0.3, -0.25) is 0 Å². The average Bonchev–Trinajstić information content (AvgIpc) is 2.20. The number of unbranched alkanes of at least 4 members (excludes halogenated alkanes) is 6. The molecule has 17 heavy (non-hydrogen) atoms. The summed E-state index contributed by atoms with van der Waals surface area (Å²) >= 11 is 0. The van der Waals surface area contributed by atoms with E-state index in [2.05, 4.69) is 40.7 Å². The highest BCUT2D eigenvalue weighted by atomic mass is 79.9. The molecular weight excluding hydrogens is 274 g/mol. The van der Waals surface area contributed by atoms with Crippen LogP contribution < -0.4 is 17.0 Å². The van der Waals surface area contributed by atoms with Crippen LogP contribution in [-0.4, -0.2) is 31.7 Å². The summed E-state index contributed by atoms with van der Waals surface area (Å²) < 4.78 is 1.01. The zero-order chi connectivity index (χ0) is 12.4. The maximum atomic E-state index is 3.95. The Bertz CT molecular complexity index is 172. The van der Waals surface area contributed by atoms with Crippen LogP contribution in [0.4, 0.5) is 0 Å². The minimum Gasteiger partial charge on any atom is -1.00 e. The molecule has 0 bridgehead atoms. The lowest BCUT2D eigenvalue weighted by Crippen LogP contribution is -3.00. The first-order valence-corrected chi connectivity index (χ1v) is 6.96. The van der Waals surface area contributed by atoms with Gasteiger partial charge in [-0.15, -0.1) is 0 Å². The van der Waals surface area contributed by atoms with Crippen LogP contribution in [0.3, 0.4) is 0 Å². The fourth-order valence-electron chi connectivity index (χ4n) is 2.13. The Morgan fingerprint density at radius 2 is 1.41 bits per heavy atom. The molecule has 0 aromatic carbocycles. The summed E-state index contributed by atoms with van der Waals surface area (Å²) in [7, 11) is 6.77. The molecule has 0 saturated heterocycles. The maximum absolute atomic E-state index is 3.95. The molecule has 0 fully saturated rings. The molecule has 1 atom stereocenters. The van der Waals surface area contributed by atoms with Crippen molar-refractivity contribution in [3.05, 3.63) is 12.7 Å². The second-order valence-electron chi connectivity index (χ2n) is 5.83. The molecule has 0 spiro atoms. The van der Waals surface area contributed by atoms with Gasteiger partial charge < -0.3 is 21.5 Å². The van der Waals surface area contributed by atoms with Crippen molar-refractivity contribution in [1.82, 2.24) is 0 Å². The van der Waals surface area contributed by atoms with E-state index in [1.807, 2.05) is 0 Å². The summed E-state index contributed by atoms with van der Waals surface area (Å²) in [5, 5.41) is 0. The van der Waals surface area contributed by atoms with Crippen LogP contribution in [0.5, 0.6) is 0 Å². The molecule has 0 heterocycles. The van der Waals surface area contributed by atoms with Gasteiger partial charge in [0.1, 0.15) is 6.04 Å². The molecule has 0 saturated carbocycles. The van der Waals surface area contributed by atoms with Gasteiger partial charge in [0, 0.05) is 6.42 Å². The van der Waals surface area contributed by atoms with Gasteiger partial charge in [0.15, 0.2) is 0 Å². The molecule has 0 aliphatic rings. The third-order valence-corrected chi connectivity index (χ3v) is 3.37. The van der Waals surface area contributed by atoms with Crippen molar-refractivity contribution in [2.24, 2.45) is 0 Å². The Morgan fingerprint density at radius 3 is 1.82 bits per heavy atom. The van der Waals surface area contributed by atoms with Crippen molar-refractivity contribution in [2.75, 3.05) is 21.1 Å². The first-order valence-electron chi connectivity index (χ1n) is 6.96. The van der Waals surface area contributed by atoms with Gasteiger partial charge >= 0.3 is 0 Å². The van der Waals surface area contributed by atoms with E-state index in [1.165, 1.54) is 51.4 Å². The molecule has 1 unspecified atom stereocenters. The van der Waals surface area contributed by atoms with E-state index in [0.717, 1.165) is 4.48 Å². The molecule has 0 aliphatic heterocycles. The maximum Gasteiger partial charge on any atom is 0.107 e. The normalized spacial score (nSPS) is 12.9. The quantitative estimate of drug-likeness (QED) is 0.325. The molecule has 0 aromatic heterocycles. The molecule has 0 aromatic rings. The van der Waals surface area contributed by atoms with Crippen molar-refractivity contribution in [3.63, 3.8) is 0 Å². The number of hydrogen-bond donors (Lipinski definition) is 0. The number of hydrogen-bond acceptors (Lipinski definition) is 0. The summed E-state index contributed by atoms with van der Waals surface area (Å²) in [6.45, 7) is 6.22. The van der Waals surface area contributed by atoms with Gasteiger partial charge in [-0.25, -0.2) is 0 Å². The summed E-state index contributed by atoms with van der Waals surface area (Å²) in [6, 6.07) is 0.621. The largest absolute Gasteiger partial charge is 1.00 e. The Morgan fingerprint density at radius 1 is 0.941 bits per heavy atom. The number of quaternary nitrogens is 1. The van der Waals surface area contributed by atoms with Crippen LogP contribution in [0.25, 0.3) is 0 Å². The Labute approximate surface area is 120 Å². The summed E-state index contributed by atoms with van der Waals surface area (Å²) in [4.78, 5) is 0. The molecule has 0 aliphatic carbocycles. The molecule has 0 rings (SSSR count). The van der Waals surface area contributed by atoms with Crippen LogP contribution in [-0.2, 0) is 0 Å². The molecule has 0 radical (unpaired) electrons. The van der Waals surface area contributed by atoms with Crippen molar-refractivity contribution in [2.45, 2.75) is 64.3 Å². The molecule has 2 heteroatoms. The standard InChI is InChI=1S/C15H32N.BrH/c1-6-8-9-10-11-12-13-14-15(7-2)16(3,4)5;/h7,15H,2,6,8-14H2,1,3-5H3;1H/q+1;/p-1. The summed E-state index contributed by atoms with van der Waals surface area (Å²) in [5.74, 6) is 0. The number of rotatable bonds is 10. The van der Waals surface area contributed by atoms with Crippen LogP contribution >= 0.6 is 0 Å². The van der Waals surface area contributed by atoms with Gasteiger partial charge in [-0.2, -0.15) is 0 Å². The van der Waals surface area contributed by atoms with Crippen molar-refractivity contribution >= 4 is 0 Å². The monoisotopic (exact) mass is 305 g/mol. The minimum atomic E-state index is 0. The smallest absolute Gasteiger partial charge is 0.107 e. The van der Waals surface area contributed by atoms with E-state index >= 15 is 0 Å². The van der Waals surface area contributed by atoms with Crippen molar-refractivity contribution < 1.29 is 21.5 Å². The molecular formula is C15H32BrN. The zero-order valence-electron chi connectivity index (χ0n) is 12.3. The fraction of sp³-hybridized carbons (Fsp3) is 0.867. The van der Waals surface area contributed by atoms with E-state index in [0.29, 0.717) is 6.04 Å². The zero-order valence-corrected chi connectivity index (χ0v) is 13.9. The Hall–Kier alpha value is 0.180. The van der Waals surface area contributed by atoms with E-state index < -0.39 is 0 Å². The van der Waals surface area contributed by atoms with Crippen molar-refractivity contribution in [1.29, 1.82) is 0 Å². The van der Waals surface area contributed by atoms with E-state index in [4.69, 9.17) is 0 Å². The van der Waals surface area contributed by atoms with E-state index in [9.17, 15) is 0 Å². The lowest BCUT2D eigenvalue weighted by Gasteiger charge is -2.32. The van der Waals surface area contributed by atoms with Crippen LogP contribution in [0, 0.1) is 0 Å². The van der Waals surface area contributed by atoms with Crippen LogP contribution in [0.15, 0.2) is 12.7 Å². The fourth-order valence-corrected chi connectivity index (χ4v) is 2.13.